The molecule has 4 aromatic rings. The number of nitrogens with one attached hydrogen (secondary N) is 2. The summed E-state index contributed by atoms with van der Waals surface area (Å²) in [6, 6.07) is 29.5. The zero-order chi connectivity index (χ0) is 27.6. The molecular weight excluding hydrogens is 490 g/mol. The van der Waals surface area contributed by atoms with E-state index in [9.17, 15) is 8.78 Å². The van der Waals surface area contributed by atoms with E-state index in [1.165, 1.54) is 35.4 Å². The maximum atomic E-state index is 14.0. The Balaban J connectivity index is 1.65. The average molecular weight is 527 g/mol. The number of hydroxylamine groups is 1. The molecule has 4 aromatic carbocycles. The van der Waals surface area contributed by atoms with Crippen LogP contribution in [0.25, 0.3) is 0 Å². The summed E-state index contributed by atoms with van der Waals surface area (Å²) in [6.07, 6.45) is 1.97. The van der Waals surface area contributed by atoms with Crippen LogP contribution in [0.1, 0.15) is 61.1 Å². The van der Waals surface area contributed by atoms with Gasteiger partial charge in [0.15, 0.2) is 5.72 Å². The lowest BCUT2D eigenvalue weighted by Gasteiger charge is -2.34. The Hall–Kier alpha value is -3.38. The summed E-state index contributed by atoms with van der Waals surface area (Å²) in [6.45, 7) is 8.83. The zero-order valence-electron chi connectivity index (χ0n) is 23.0. The highest BCUT2D eigenvalue weighted by atomic mass is 19.1. The zero-order valence-corrected chi connectivity index (χ0v) is 23.0. The summed E-state index contributed by atoms with van der Waals surface area (Å²) >= 11 is 0. The average Bonchev–Trinajstić information content (AvgIpc) is 3.32. The van der Waals surface area contributed by atoms with Gasteiger partial charge in [0.1, 0.15) is 17.3 Å². The van der Waals surface area contributed by atoms with Gasteiger partial charge < -0.3 is 0 Å². The molecule has 0 bridgehead atoms. The van der Waals surface area contributed by atoms with E-state index in [-0.39, 0.29) is 11.6 Å². The van der Waals surface area contributed by atoms with Crippen LogP contribution in [0.3, 0.4) is 0 Å². The lowest BCUT2D eigenvalue weighted by atomic mass is 9.86. The molecule has 39 heavy (non-hydrogen) atoms. The largest absolute Gasteiger partial charge is 0.267 e. The van der Waals surface area contributed by atoms with Gasteiger partial charge in [-0.05, 0) is 71.2 Å². The van der Waals surface area contributed by atoms with E-state index in [0.29, 0.717) is 11.8 Å². The fourth-order valence-electron chi connectivity index (χ4n) is 5.42. The molecule has 5 heteroatoms. The fourth-order valence-corrected chi connectivity index (χ4v) is 5.42. The topological polar surface area (TPSA) is 33.3 Å². The van der Waals surface area contributed by atoms with Crippen molar-refractivity contribution in [3.63, 3.8) is 0 Å². The molecule has 1 heterocycles. The minimum absolute atomic E-state index is 0.334. The third-order valence-electron chi connectivity index (χ3n) is 7.28. The molecule has 0 saturated carbocycles. The van der Waals surface area contributed by atoms with E-state index in [1.807, 2.05) is 0 Å². The van der Waals surface area contributed by atoms with Gasteiger partial charge in [0.25, 0.3) is 0 Å². The van der Waals surface area contributed by atoms with E-state index < -0.39 is 11.4 Å². The third kappa shape index (κ3) is 5.53. The van der Waals surface area contributed by atoms with Gasteiger partial charge in [0, 0.05) is 11.1 Å². The van der Waals surface area contributed by atoms with Crippen LogP contribution in [-0.4, -0.2) is 0 Å². The molecule has 0 unspecified atom stereocenters. The van der Waals surface area contributed by atoms with Crippen molar-refractivity contribution in [2.24, 2.45) is 11.8 Å². The predicted octanol–water partition coefficient (Wildman–Crippen LogP) is 7.59. The first-order valence-corrected chi connectivity index (χ1v) is 13.7. The Morgan fingerprint density at radius 1 is 0.564 bits per heavy atom. The Morgan fingerprint density at radius 3 is 1.28 bits per heavy atom. The van der Waals surface area contributed by atoms with Crippen molar-refractivity contribution in [2.75, 3.05) is 0 Å². The van der Waals surface area contributed by atoms with Crippen molar-refractivity contribution in [3.05, 3.63) is 142 Å². The van der Waals surface area contributed by atoms with Crippen molar-refractivity contribution >= 4 is 0 Å². The van der Waals surface area contributed by atoms with E-state index in [2.05, 4.69) is 87.0 Å². The smallest absolute Gasteiger partial charge is 0.193 e. The molecule has 0 atom stereocenters. The second-order valence-electron chi connectivity index (χ2n) is 11.4. The Kier molecular flexibility index (Phi) is 7.68. The number of rotatable bonds is 8. The number of hydrogen-bond acceptors (Lipinski definition) is 3. The summed E-state index contributed by atoms with van der Waals surface area (Å²) < 4.78 is 27.9. The molecule has 1 saturated heterocycles. The predicted molar refractivity (Wildman–Crippen MR) is 152 cm³/mol. The van der Waals surface area contributed by atoms with Gasteiger partial charge in [-0.1, -0.05) is 100 Å². The van der Waals surface area contributed by atoms with Crippen molar-refractivity contribution in [2.45, 2.75) is 51.9 Å². The quantitative estimate of drug-likeness (QED) is 0.248. The first kappa shape index (κ1) is 27.2. The molecular formula is C34H36F2N2O. The van der Waals surface area contributed by atoms with Crippen LogP contribution in [0.2, 0.25) is 0 Å². The van der Waals surface area contributed by atoms with E-state index in [1.54, 1.807) is 24.3 Å². The summed E-state index contributed by atoms with van der Waals surface area (Å²) in [5, 5.41) is 3.76. The van der Waals surface area contributed by atoms with Crippen LogP contribution in [0.5, 0.6) is 0 Å². The Labute approximate surface area is 230 Å². The van der Waals surface area contributed by atoms with Crippen LogP contribution in [0.4, 0.5) is 8.78 Å². The van der Waals surface area contributed by atoms with Gasteiger partial charge >= 0.3 is 0 Å². The Morgan fingerprint density at radius 2 is 0.923 bits per heavy atom. The van der Waals surface area contributed by atoms with E-state index in [4.69, 9.17) is 4.84 Å². The number of hydrogen-bond donors (Lipinski definition) is 2. The molecule has 1 aliphatic rings. The van der Waals surface area contributed by atoms with Crippen molar-refractivity contribution < 1.29 is 13.6 Å². The standard InChI is InChI=1S/C34H36F2N2O/c1-23(2)21-25-5-9-29(10-6-25)34(30-11-7-26(8-12-30)22-24(3)4)37-33(38-39-34,27-13-17-31(35)18-14-27)28-15-19-32(36)20-16-28/h5-20,23-24,37-38H,21-22H2,1-4H3. The lowest BCUT2D eigenvalue weighted by molar-refractivity contribution is -0.0439. The minimum Gasteiger partial charge on any atom is -0.267 e. The molecule has 202 valence electrons. The van der Waals surface area contributed by atoms with Gasteiger partial charge in [-0.25, -0.2) is 8.78 Å². The second kappa shape index (κ2) is 11.0. The Bertz CT molecular complexity index is 1280. The molecule has 0 aromatic heterocycles. The number of halogens is 2. The van der Waals surface area contributed by atoms with Crippen LogP contribution >= 0.6 is 0 Å². The van der Waals surface area contributed by atoms with Crippen LogP contribution in [0, 0.1) is 23.5 Å². The maximum absolute atomic E-state index is 14.0. The van der Waals surface area contributed by atoms with Gasteiger partial charge in [0.05, 0.1) is 0 Å². The fraction of sp³-hybridized carbons (Fsp3) is 0.294. The molecule has 0 aliphatic carbocycles. The minimum atomic E-state index is -1.07. The van der Waals surface area contributed by atoms with Crippen LogP contribution < -0.4 is 10.8 Å². The van der Waals surface area contributed by atoms with E-state index >= 15 is 0 Å². The van der Waals surface area contributed by atoms with E-state index in [0.717, 1.165) is 35.1 Å². The van der Waals surface area contributed by atoms with Gasteiger partial charge in [0.2, 0.25) is 0 Å². The monoisotopic (exact) mass is 526 g/mol. The maximum Gasteiger partial charge on any atom is 0.193 e. The molecule has 0 amide bonds. The number of benzene rings is 4. The molecule has 0 spiro atoms. The van der Waals surface area contributed by atoms with Gasteiger partial charge in [-0.2, -0.15) is 5.48 Å². The molecule has 3 nitrogen and oxygen atoms in total. The van der Waals surface area contributed by atoms with Gasteiger partial charge in [-0.3, -0.25) is 10.2 Å². The second-order valence-corrected chi connectivity index (χ2v) is 11.4. The molecule has 5 rings (SSSR count). The highest BCUT2D eigenvalue weighted by Gasteiger charge is 2.53. The lowest BCUT2D eigenvalue weighted by Crippen LogP contribution is -2.51. The third-order valence-corrected chi connectivity index (χ3v) is 7.28. The highest BCUT2D eigenvalue weighted by Crippen LogP contribution is 2.43. The molecule has 2 N–H and O–H groups in total. The van der Waals surface area contributed by atoms with Crippen LogP contribution in [-0.2, 0) is 29.1 Å². The molecule has 0 radical (unpaired) electrons. The van der Waals surface area contributed by atoms with Crippen LogP contribution in [0.15, 0.2) is 97.1 Å². The first-order chi connectivity index (χ1) is 18.7. The first-order valence-electron chi connectivity index (χ1n) is 13.7. The van der Waals surface area contributed by atoms with Gasteiger partial charge in [-0.15, -0.1) is 0 Å². The molecule has 1 fully saturated rings. The normalized spacial score (nSPS) is 16.2. The molecule has 1 aliphatic heterocycles. The summed E-state index contributed by atoms with van der Waals surface area (Å²) in [5.74, 6) is 0.426. The summed E-state index contributed by atoms with van der Waals surface area (Å²) in [4.78, 5) is 6.59. The summed E-state index contributed by atoms with van der Waals surface area (Å²) in [7, 11) is 0. The summed E-state index contributed by atoms with van der Waals surface area (Å²) in [5.41, 5.74) is 6.95. The SMILES string of the molecule is CC(C)Cc1ccc(C2(c3ccc(CC(C)C)cc3)NC(c3ccc(F)cc3)(c3ccc(F)cc3)NO2)cc1. The highest BCUT2D eigenvalue weighted by molar-refractivity contribution is 5.45. The van der Waals surface area contributed by atoms with Crippen molar-refractivity contribution in [1.29, 1.82) is 0 Å². The van der Waals surface area contributed by atoms with Crippen molar-refractivity contribution in [3.8, 4) is 0 Å². The van der Waals surface area contributed by atoms with Crippen molar-refractivity contribution in [1.82, 2.24) is 10.8 Å².